The summed E-state index contributed by atoms with van der Waals surface area (Å²) in [6.07, 6.45) is 2.75. The molecule has 2 heterocycles. The van der Waals surface area contributed by atoms with Crippen molar-refractivity contribution in [1.29, 1.82) is 0 Å². The molecule has 1 aliphatic rings. The third-order valence-corrected chi connectivity index (χ3v) is 4.84. The molecule has 0 unspecified atom stereocenters. The van der Waals surface area contributed by atoms with E-state index >= 15 is 0 Å². The molecule has 0 radical (unpaired) electrons. The van der Waals surface area contributed by atoms with E-state index in [1.165, 1.54) is 12.1 Å². The molecule has 6 nitrogen and oxygen atoms in total. The van der Waals surface area contributed by atoms with Crippen LogP contribution >= 0.6 is 0 Å². The van der Waals surface area contributed by atoms with E-state index in [0.29, 0.717) is 37.2 Å². The molecule has 0 saturated carbocycles. The Morgan fingerprint density at radius 1 is 1.19 bits per heavy atom. The number of nitrogens with zero attached hydrogens (tertiary/aromatic N) is 3. The molecule has 26 heavy (non-hydrogen) atoms. The van der Waals surface area contributed by atoms with Crippen molar-refractivity contribution in [3.05, 3.63) is 47.5 Å². The summed E-state index contributed by atoms with van der Waals surface area (Å²) in [6, 6.07) is 6.02. The Morgan fingerprint density at radius 2 is 1.81 bits per heavy atom. The van der Waals surface area contributed by atoms with Crippen molar-refractivity contribution in [2.45, 2.75) is 32.6 Å². The quantitative estimate of drug-likeness (QED) is 0.912. The number of carbonyl (C=O) groups is 2. The number of hydrogen-bond donors (Lipinski definition) is 1. The van der Waals surface area contributed by atoms with Gasteiger partial charge in [0.2, 0.25) is 5.91 Å². The average molecular weight is 358 g/mol. The SMILES string of the molecule is CC(C)c1c(C(=O)N2CCC(C(N)=O)CC2)cnn1-c1ccc(F)cc1. The highest BCUT2D eigenvalue weighted by molar-refractivity contribution is 5.95. The number of benzene rings is 1. The van der Waals surface area contributed by atoms with Gasteiger partial charge in [0, 0.05) is 19.0 Å². The molecule has 0 bridgehead atoms. The normalized spacial score (nSPS) is 15.5. The Hall–Kier alpha value is -2.70. The van der Waals surface area contributed by atoms with E-state index in [1.807, 2.05) is 13.8 Å². The van der Waals surface area contributed by atoms with Crippen LogP contribution in [0.25, 0.3) is 5.69 Å². The third kappa shape index (κ3) is 3.47. The first-order valence-electron chi connectivity index (χ1n) is 8.81. The van der Waals surface area contributed by atoms with Gasteiger partial charge < -0.3 is 10.6 Å². The monoisotopic (exact) mass is 358 g/mol. The van der Waals surface area contributed by atoms with Gasteiger partial charge in [-0.2, -0.15) is 5.10 Å². The van der Waals surface area contributed by atoms with Gasteiger partial charge in [0.05, 0.1) is 23.1 Å². The van der Waals surface area contributed by atoms with E-state index in [4.69, 9.17) is 5.73 Å². The van der Waals surface area contributed by atoms with Crippen LogP contribution < -0.4 is 5.73 Å². The zero-order chi connectivity index (χ0) is 18.8. The molecular formula is C19H23FN4O2. The number of rotatable bonds is 4. The number of nitrogens with two attached hydrogens (primary N) is 1. The fraction of sp³-hybridized carbons (Fsp3) is 0.421. The van der Waals surface area contributed by atoms with Crippen molar-refractivity contribution in [3.8, 4) is 5.69 Å². The van der Waals surface area contributed by atoms with Crippen molar-refractivity contribution in [2.24, 2.45) is 11.7 Å². The zero-order valence-corrected chi connectivity index (χ0v) is 15.0. The van der Waals surface area contributed by atoms with Crippen LogP contribution in [0.4, 0.5) is 4.39 Å². The van der Waals surface area contributed by atoms with Crippen LogP contribution in [0.2, 0.25) is 0 Å². The first-order chi connectivity index (χ1) is 12.4. The van der Waals surface area contributed by atoms with Gasteiger partial charge in [-0.1, -0.05) is 13.8 Å². The number of primary amides is 1. The molecule has 1 saturated heterocycles. The van der Waals surface area contributed by atoms with Crippen molar-refractivity contribution < 1.29 is 14.0 Å². The smallest absolute Gasteiger partial charge is 0.257 e. The van der Waals surface area contributed by atoms with E-state index in [2.05, 4.69) is 5.10 Å². The number of hydrogen-bond acceptors (Lipinski definition) is 3. The summed E-state index contributed by atoms with van der Waals surface area (Å²) in [5.74, 6) is -0.815. The van der Waals surface area contributed by atoms with Crippen molar-refractivity contribution in [3.63, 3.8) is 0 Å². The number of piperidine rings is 1. The van der Waals surface area contributed by atoms with Crippen LogP contribution in [0.3, 0.4) is 0 Å². The molecule has 138 valence electrons. The lowest BCUT2D eigenvalue weighted by Crippen LogP contribution is -2.42. The van der Waals surface area contributed by atoms with Crippen LogP contribution in [0.1, 0.15) is 48.7 Å². The van der Waals surface area contributed by atoms with Crippen LogP contribution in [0.5, 0.6) is 0 Å². The molecule has 1 aromatic heterocycles. The lowest BCUT2D eigenvalue weighted by atomic mass is 9.95. The number of aromatic nitrogens is 2. The molecule has 0 spiro atoms. The molecule has 2 aromatic rings. The van der Waals surface area contributed by atoms with Crippen LogP contribution in [0, 0.1) is 11.7 Å². The molecular weight excluding hydrogens is 335 g/mol. The van der Waals surface area contributed by atoms with Gasteiger partial charge in [-0.15, -0.1) is 0 Å². The van der Waals surface area contributed by atoms with Gasteiger partial charge in [0.15, 0.2) is 0 Å². The second kappa shape index (κ2) is 7.27. The van der Waals surface area contributed by atoms with E-state index in [-0.39, 0.29) is 29.5 Å². The Bertz CT molecular complexity index is 805. The summed E-state index contributed by atoms with van der Waals surface area (Å²) in [5, 5.41) is 4.37. The number of amides is 2. The standard InChI is InChI=1S/C19H23FN4O2/c1-12(2)17-16(11-22-24(17)15-5-3-14(20)4-6-15)19(26)23-9-7-13(8-10-23)18(21)25/h3-6,11-13H,7-10H2,1-2H3,(H2,21,25). The number of halogens is 1. The second-order valence-corrected chi connectivity index (χ2v) is 6.96. The van der Waals surface area contributed by atoms with Crippen LogP contribution in [-0.2, 0) is 4.79 Å². The van der Waals surface area contributed by atoms with Crippen molar-refractivity contribution in [1.82, 2.24) is 14.7 Å². The predicted molar refractivity (Wildman–Crippen MR) is 95.4 cm³/mol. The molecule has 2 N–H and O–H groups in total. The molecule has 7 heteroatoms. The highest BCUT2D eigenvalue weighted by Crippen LogP contribution is 2.26. The van der Waals surface area contributed by atoms with Gasteiger partial charge >= 0.3 is 0 Å². The Kier molecular flexibility index (Phi) is 5.06. The Balaban J connectivity index is 1.87. The van der Waals surface area contributed by atoms with Crippen LogP contribution in [0.15, 0.2) is 30.5 Å². The highest BCUT2D eigenvalue weighted by Gasteiger charge is 2.29. The fourth-order valence-electron chi connectivity index (χ4n) is 3.40. The van der Waals surface area contributed by atoms with Gasteiger partial charge in [-0.05, 0) is 43.0 Å². The minimum atomic E-state index is -0.319. The maximum atomic E-state index is 13.2. The molecule has 0 atom stereocenters. The van der Waals surface area contributed by atoms with Gasteiger partial charge in [-0.3, -0.25) is 9.59 Å². The van der Waals surface area contributed by atoms with Gasteiger partial charge in [-0.25, -0.2) is 9.07 Å². The molecule has 1 aliphatic heterocycles. The predicted octanol–water partition coefficient (Wildman–Crippen LogP) is 2.47. The fourth-order valence-corrected chi connectivity index (χ4v) is 3.40. The summed E-state index contributed by atoms with van der Waals surface area (Å²) in [4.78, 5) is 26.1. The van der Waals surface area contributed by atoms with Gasteiger partial charge in [0.25, 0.3) is 5.91 Å². The van der Waals surface area contributed by atoms with Gasteiger partial charge in [0.1, 0.15) is 5.82 Å². The maximum absolute atomic E-state index is 13.2. The first-order valence-corrected chi connectivity index (χ1v) is 8.81. The summed E-state index contributed by atoms with van der Waals surface area (Å²) in [7, 11) is 0. The largest absolute Gasteiger partial charge is 0.369 e. The number of likely N-dealkylation sites (tertiary alicyclic amines) is 1. The van der Waals surface area contributed by atoms with E-state index in [0.717, 1.165) is 5.69 Å². The van der Waals surface area contributed by atoms with E-state index in [1.54, 1.807) is 27.9 Å². The molecule has 1 aromatic carbocycles. The lowest BCUT2D eigenvalue weighted by Gasteiger charge is -2.30. The summed E-state index contributed by atoms with van der Waals surface area (Å²) >= 11 is 0. The van der Waals surface area contributed by atoms with E-state index < -0.39 is 0 Å². The number of carbonyl (C=O) groups excluding carboxylic acids is 2. The molecule has 1 fully saturated rings. The Morgan fingerprint density at radius 3 is 2.35 bits per heavy atom. The lowest BCUT2D eigenvalue weighted by molar-refractivity contribution is -0.123. The van der Waals surface area contributed by atoms with E-state index in [9.17, 15) is 14.0 Å². The van der Waals surface area contributed by atoms with Crippen LogP contribution in [-0.4, -0.2) is 39.6 Å². The highest BCUT2D eigenvalue weighted by atomic mass is 19.1. The molecule has 2 amide bonds. The summed E-state index contributed by atoms with van der Waals surface area (Å²) < 4.78 is 14.9. The first kappa shape index (κ1) is 18.1. The zero-order valence-electron chi connectivity index (χ0n) is 15.0. The molecule has 3 rings (SSSR count). The minimum absolute atomic E-state index is 0.0599. The third-order valence-electron chi connectivity index (χ3n) is 4.84. The summed E-state index contributed by atoms with van der Waals surface area (Å²) in [5.41, 5.74) is 7.40. The summed E-state index contributed by atoms with van der Waals surface area (Å²) in [6.45, 7) is 5.00. The van der Waals surface area contributed by atoms with Crippen molar-refractivity contribution in [2.75, 3.05) is 13.1 Å². The topological polar surface area (TPSA) is 81.2 Å². The maximum Gasteiger partial charge on any atom is 0.257 e. The molecule has 0 aliphatic carbocycles. The second-order valence-electron chi connectivity index (χ2n) is 6.96. The Labute approximate surface area is 151 Å². The minimum Gasteiger partial charge on any atom is -0.369 e. The average Bonchev–Trinajstić information content (AvgIpc) is 3.07. The van der Waals surface area contributed by atoms with Crippen molar-refractivity contribution >= 4 is 11.8 Å².